The molecule has 1 amide bonds. The molecule has 1 atom stereocenters. The van der Waals surface area contributed by atoms with Crippen molar-refractivity contribution in [1.82, 2.24) is 10.2 Å². The highest BCUT2D eigenvalue weighted by molar-refractivity contribution is 7.91. The molecule has 2 aromatic rings. The van der Waals surface area contributed by atoms with Crippen molar-refractivity contribution in [3.8, 4) is 11.5 Å². The van der Waals surface area contributed by atoms with Crippen molar-refractivity contribution in [2.75, 3.05) is 25.1 Å². The molecule has 0 bridgehead atoms. The van der Waals surface area contributed by atoms with Crippen LogP contribution in [0.1, 0.15) is 12.0 Å². The van der Waals surface area contributed by atoms with Gasteiger partial charge in [0.15, 0.2) is 9.84 Å². The highest BCUT2D eigenvalue weighted by Gasteiger charge is 2.31. The molecular formula is C20H24N2O4S. The molecule has 1 heterocycles. The summed E-state index contributed by atoms with van der Waals surface area (Å²) >= 11 is 0. The fraction of sp³-hybridized carbons (Fsp3) is 0.350. The standard InChI is InChI=1S/C20H24N2O4S/c1-22(17-10-11-27(24,25)15-17)14-20(23)21-13-16-6-5-9-19(12-16)26-18-7-3-2-4-8-18/h2-9,12,17H,10-11,13-15H2,1H3,(H,21,23). The van der Waals surface area contributed by atoms with E-state index in [9.17, 15) is 13.2 Å². The first-order chi connectivity index (χ1) is 12.9. The molecule has 1 fully saturated rings. The lowest BCUT2D eigenvalue weighted by molar-refractivity contribution is -0.122. The predicted molar refractivity (Wildman–Crippen MR) is 104 cm³/mol. The van der Waals surface area contributed by atoms with Crippen LogP contribution in [0.25, 0.3) is 0 Å². The summed E-state index contributed by atoms with van der Waals surface area (Å²) in [5.74, 6) is 1.68. The van der Waals surface area contributed by atoms with Crippen LogP contribution in [0.3, 0.4) is 0 Å². The van der Waals surface area contributed by atoms with Crippen LogP contribution >= 0.6 is 0 Å². The third-order valence-corrected chi connectivity index (χ3v) is 6.34. The first-order valence-corrected chi connectivity index (χ1v) is 10.7. The van der Waals surface area contributed by atoms with E-state index in [-0.39, 0.29) is 30.0 Å². The molecule has 0 aliphatic carbocycles. The van der Waals surface area contributed by atoms with Gasteiger partial charge in [-0.05, 0) is 43.3 Å². The van der Waals surface area contributed by atoms with Crippen LogP contribution < -0.4 is 10.1 Å². The van der Waals surface area contributed by atoms with Gasteiger partial charge in [-0.3, -0.25) is 9.69 Å². The fourth-order valence-corrected chi connectivity index (χ4v) is 4.88. The molecule has 0 saturated carbocycles. The molecule has 3 rings (SSSR count). The summed E-state index contributed by atoms with van der Waals surface area (Å²) < 4.78 is 28.9. The number of para-hydroxylation sites is 1. The van der Waals surface area contributed by atoms with Gasteiger partial charge in [-0.25, -0.2) is 8.42 Å². The van der Waals surface area contributed by atoms with Crippen LogP contribution in [-0.2, 0) is 21.2 Å². The monoisotopic (exact) mass is 388 g/mol. The molecule has 1 aliphatic rings. The van der Waals surface area contributed by atoms with Gasteiger partial charge in [0.2, 0.25) is 5.91 Å². The van der Waals surface area contributed by atoms with Crippen LogP contribution in [0, 0.1) is 0 Å². The van der Waals surface area contributed by atoms with Gasteiger partial charge in [0.05, 0.1) is 18.1 Å². The number of likely N-dealkylation sites (N-methyl/N-ethyl adjacent to an activating group) is 1. The highest BCUT2D eigenvalue weighted by Crippen LogP contribution is 2.21. The van der Waals surface area contributed by atoms with Crippen molar-refractivity contribution in [3.63, 3.8) is 0 Å². The van der Waals surface area contributed by atoms with Gasteiger partial charge in [0.1, 0.15) is 11.5 Å². The third kappa shape index (κ3) is 5.80. The van der Waals surface area contributed by atoms with Gasteiger partial charge >= 0.3 is 0 Å². The van der Waals surface area contributed by atoms with E-state index >= 15 is 0 Å². The van der Waals surface area contributed by atoms with E-state index in [1.54, 1.807) is 7.05 Å². The lowest BCUT2D eigenvalue weighted by atomic mass is 10.2. The second kappa shape index (κ2) is 8.54. The summed E-state index contributed by atoms with van der Waals surface area (Å²) in [6.07, 6.45) is 0.588. The van der Waals surface area contributed by atoms with Gasteiger partial charge in [-0.1, -0.05) is 30.3 Å². The van der Waals surface area contributed by atoms with Crippen LogP contribution in [0.15, 0.2) is 54.6 Å². The maximum atomic E-state index is 12.2. The molecule has 6 nitrogen and oxygen atoms in total. The summed E-state index contributed by atoms with van der Waals surface area (Å²) in [6.45, 7) is 0.571. The second-order valence-electron chi connectivity index (χ2n) is 6.81. The lowest BCUT2D eigenvalue weighted by Gasteiger charge is -2.22. The maximum Gasteiger partial charge on any atom is 0.234 e. The number of carbonyl (C=O) groups excluding carboxylic acids is 1. The number of hydrogen-bond acceptors (Lipinski definition) is 5. The summed E-state index contributed by atoms with van der Waals surface area (Å²) in [7, 11) is -1.16. The minimum absolute atomic E-state index is 0.0802. The predicted octanol–water partition coefficient (Wildman–Crippen LogP) is 2.21. The maximum absolute atomic E-state index is 12.2. The van der Waals surface area contributed by atoms with Crippen molar-refractivity contribution in [1.29, 1.82) is 0 Å². The van der Waals surface area contributed by atoms with E-state index < -0.39 is 9.84 Å². The van der Waals surface area contributed by atoms with Crippen LogP contribution in [0.2, 0.25) is 0 Å². The Kier molecular flexibility index (Phi) is 6.13. The van der Waals surface area contributed by atoms with Gasteiger partial charge in [-0.15, -0.1) is 0 Å². The molecule has 144 valence electrons. The van der Waals surface area contributed by atoms with E-state index in [0.717, 1.165) is 11.3 Å². The van der Waals surface area contributed by atoms with Crippen LogP contribution in [-0.4, -0.2) is 50.4 Å². The Morgan fingerprint density at radius 1 is 1.15 bits per heavy atom. The number of benzene rings is 2. The van der Waals surface area contributed by atoms with E-state index in [0.29, 0.717) is 18.7 Å². The summed E-state index contributed by atoms with van der Waals surface area (Å²) in [6, 6.07) is 17.0. The zero-order valence-electron chi connectivity index (χ0n) is 15.3. The van der Waals surface area contributed by atoms with Crippen molar-refractivity contribution in [2.45, 2.75) is 19.0 Å². The number of ether oxygens (including phenoxy) is 1. The van der Waals surface area contributed by atoms with Crippen LogP contribution in [0.4, 0.5) is 0 Å². The number of rotatable bonds is 7. The Hall–Kier alpha value is -2.38. The lowest BCUT2D eigenvalue weighted by Crippen LogP contribution is -2.41. The van der Waals surface area contributed by atoms with Crippen molar-refractivity contribution < 1.29 is 17.9 Å². The molecule has 1 aliphatic heterocycles. The molecular weight excluding hydrogens is 364 g/mol. The molecule has 7 heteroatoms. The highest BCUT2D eigenvalue weighted by atomic mass is 32.2. The van der Waals surface area contributed by atoms with Gasteiger partial charge < -0.3 is 10.1 Å². The smallest absolute Gasteiger partial charge is 0.234 e. The van der Waals surface area contributed by atoms with E-state index in [1.165, 1.54) is 0 Å². The summed E-state index contributed by atoms with van der Waals surface area (Å²) in [5.41, 5.74) is 0.933. The molecule has 0 aromatic heterocycles. The molecule has 0 radical (unpaired) electrons. The van der Waals surface area contributed by atoms with E-state index in [1.807, 2.05) is 59.5 Å². The van der Waals surface area contributed by atoms with E-state index in [2.05, 4.69) is 5.32 Å². The fourth-order valence-electron chi connectivity index (χ4n) is 3.08. The Labute approximate surface area is 160 Å². The Bertz CT molecular complexity index is 884. The Morgan fingerprint density at radius 3 is 2.59 bits per heavy atom. The molecule has 1 unspecified atom stereocenters. The third-order valence-electron chi connectivity index (χ3n) is 4.59. The molecule has 1 saturated heterocycles. The number of nitrogens with one attached hydrogen (secondary N) is 1. The zero-order valence-corrected chi connectivity index (χ0v) is 16.1. The van der Waals surface area contributed by atoms with Gasteiger partial charge in [-0.2, -0.15) is 0 Å². The quantitative estimate of drug-likeness (QED) is 0.787. The minimum atomic E-state index is -2.95. The Morgan fingerprint density at radius 2 is 1.89 bits per heavy atom. The van der Waals surface area contributed by atoms with Crippen molar-refractivity contribution in [3.05, 3.63) is 60.2 Å². The largest absolute Gasteiger partial charge is 0.457 e. The average Bonchev–Trinajstić information content (AvgIpc) is 3.01. The first kappa shape index (κ1) is 19.4. The number of sulfone groups is 1. The number of nitrogens with zero attached hydrogens (tertiary/aromatic N) is 1. The minimum Gasteiger partial charge on any atom is -0.457 e. The topological polar surface area (TPSA) is 75.7 Å². The normalized spacial score (nSPS) is 18.4. The molecule has 2 aromatic carbocycles. The first-order valence-electron chi connectivity index (χ1n) is 8.90. The van der Waals surface area contributed by atoms with Gasteiger partial charge in [0.25, 0.3) is 0 Å². The zero-order chi connectivity index (χ0) is 19.3. The summed E-state index contributed by atoms with van der Waals surface area (Å²) in [4.78, 5) is 14.0. The number of hydrogen-bond donors (Lipinski definition) is 1. The molecule has 0 spiro atoms. The average molecular weight is 388 g/mol. The van der Waals surface area contributed by atoms with Gasteiger partial charge in [0, 0.05) is 12.6 Å². The molecule has 1 N–H and O–H groups in total. The second-order valence-corrected chi connectivity index (χ2v) is 9.04. The Balaban J connectivity index is 1.49. The summed E-state index contributed by atoms with van der Waals surface area (Å²) in [5, 5.41) is 2.88. The number of carbonyl (C=O) groups is 1. The van der Waals surface area contributed by atoms with Crippen LogP contribution in [0.5, 0.6) is 11.5 Å². The SMILES string of the molecule is CN(CC(=O)NCc1cccc(Oc2ccccc2)c1)C1CCS(=O)(=O)C1. The van der Waals surface area contributed by atoms with Crippen molar-refractivity contribution >= 4 is 15.7 Å². The number of amides is 1. The van der Waals surface area contributed by atoms with Crippen molar-refractivity contribution in [2.24, 2.45) is 0 Å². The molecule has 27 heavy (non-hydrogen) atoms. The van der Waals surface area contributed by atoms with E-state index in [4.69, 9.17) is 4.74 Å².